The number of ether oxygens (including phenoxy) is 2. The molecule has 0 bridgehead atoms. The molecule has 2 N–H and O–H groups in total. The molecule has 0 aliphatic heterocycles. The smallest absolute Gasteiger partial charge is 0.162 e. The summed E-state index contributed by atoms with van der Waals surface area (Å²) in [4.78, 5) is 4.10. The molecule has 1 unspecified atom stereocenters. The fourth-order valence-corrected chi connectivity index (χ4v) is 1.85. The van der Waals surface area contributed by atoms with Gasteiger partial charge in [0.1, 0.15) is 6.10 Å². The third-order valence-corrected chi connectivity index (χ3v) is 2.85. The van der Waals surface area contributed by atoms with E-state index in [1.165, 1.54) is 0 Å². The summed E-state index contributed by atoms with van der Waals surface area (Å²) in [6, 6.07) is 11.5. The minimum atomic E-state index is -0.227. The van der Waals surface area contributed by atoms with Gasteiger partial charge in [0.15, 0.2) is 11.5 Å². The number of nitrogens with zero attached hydrogens (tertiary/aromatic N) is 1. The number of hydrogen-bond donors (Lipinski definition) is 1. The number of nitrogens with two attached hydrogens (primary N) is 1. The van der Waals surface area contributed by atoms with E-state index in [9.17, 15) is 0 Å². The van der Waals surface area contributed by atoms with Crippen LogP contribution < -0.4 is 15.2 Å². The fourth-order valence-electron chi connectivity index (χ4n) is 1.85. The maximum Gasteiger partial charge on any atom is 0.162 e. The van der Waals surface area contributed by atoms with Crippen LogP contribution in [-0.4, -0.2) is 18.1 Å². The summed E-state index contributed by atoms with van der Waals surface area (Å²) in [5.74, 6) is 1.46. The summed E-state index contributed by atoms with van der Waals surface area (Å²) in [5.41, 5.74) is 6.77. The van der Waals surface area contributed by atoms with Gasteiger partial charge in [-0.15, -0.1) is 0 Å². The van der Waals surface area contributed by atoms with Crippen molar-refractivity contribution in [2.75, 3.05) is 13.2 Å². The molecule has 1 atom stereocenters. The first-order valence-corrected chi connectivity index (χ1v) is 6.83. The van der Waals surface area contributed by atoms with Crippen LogP contribution in [0.5, 0.6) is 11.5 Å². The van der Waals surface area contributed by atoms with Crippen LogP contribution in [0.2, 0.25) is 0 Å². The summed E-state index contributed by atoms with van der Waals surface area (Å²) in [7, 11) is 0. The van der Waals surface area contributed by atoms with Gasteiger partial charge in [-0.2, -0.15) is 0 Å². The zero-order valence-corrected chi connectivity index (χ0v) is 11.7. The normalized spacial score (nSPS) is 11.9. The van der Waals surface area contributed by atoms with Gasteiger partial charge >= 0.3 is 0 Å². The number of rotatable bonds is 7. The van der Waals surface area contributed by atoms with E-state index in [-0.39, 0.29) is 6.10 Å². The summed E-state index contributed by atoms with van der Waals surface area (Å²) >= 11 is 0. The number of aromatic nitrogens is 1. The molecule has 20 heavy (non-hydrogen) atoms. The predicted molar refractivity (Wildman–Crippen MR) is 78.9 cm³/mol. The van der Waals surface area contributed by atoms with Crippen molar-refractivity contribution in [3.63, 3.8) is 0 Å². The van der Waals surface area contributed by atoms with E-state index in [1.807, 2.05) is 36.4 Å². The maximum absolute atomic E-state index is 5.99. The van der Waals surface area contributed by atoms with Gasteiger partial charge in [-0.3, -0.25) is 4.98 Å². The third-order valence-electron chi connectivity index (χ3n) is 2.85. The van der Waals surface area contributed by atoms with Crippen molar-refractivity contribution in [1.82, 2.24) is 4.98 Å². The average molecular weight is 272 g/mol. The highest BCUT2D eigenvalue weighted by atomic mass is 16.5. The standard InChI is InChI=1S/C16H20N2O2/c1-2-10-19-14-7-3-4-8-15(14)20-16(11-17)13-6-5-9-18-12-13/h3-9,12,16H,2,10-11,17H2,1H3. The van der Waals surface area contributed by atoms with Crippen LogP contribution in [-0.2, 0) is 0 Å². The van der Waals surface area contributed by atoms with Crippen LogP contribution >= 0.6 is 0 Å². The Morgan fingerprint density at radius 3 is 2.60 bits per heavy atom. The Bertz CT molecular complexity index is 517. The van der Waals surface area contributed by atoms with Gasteiger partial charge in [0.05, 0.1) is 6.61 Å². The number of para-hydroxylation sites is 2. The van der Waals surface area contributed by atoms with Crippen LogP contribution in [0.4, 0.5) is 0 Å². The first kappa shape index (κ1) is 14.3. The Morgan fingerprint density at radius 1 is 1.15 bits per heavy atom. The molecule has 1 aromatic carbocycles. The van der Waals surface area contributed by atoms with E-state index in [1.54, 1.807) is 12.4 Å². The second-order valence-electron chi connectivity index (χ2n) is 4.42. The summed E-state index contributed by atoms with van der Waals surface area (Å²) < 4.78 is 11.7. The minimum absolute atomic E-state index is 0.227. The number of hydrogen-bond acceptors (Lipinski definition) is 4. The summed E-state index contributed by atoms with van der Waals surface area (Å²) in [6.45, 7) is 3.12. The second kappa shape index (κ2) is 7.50. The highest BCUT2D eigenvalue weighted by molar-refractivity contribution is 5.40. The average Bonchev–Trinajstić information content (AvgIpc) is 2.52. The highest BCUT2D eigenvalue weighted by Gasteiger charge is 2.14. The third kappa shape index (κ3) is 3.71. The molecule has 0 saturated heterocycles. The van der Waals surface area contributed by atoms with Crippen molar-refractivity contribution < 1.29 is 9.47 Å². The summed E-state index contributed by atoms with van der Waals surface area (Å²) in [6.07, 6.45) is 4.23. The molecule has 0 radical (unpaired) electrons. The van der Waals surface area contributed by atoms with Crippen molar-refractivity contribution >= 4 is 0 Å². The molecule has 0 spiro atoms. The van der Waals surface area contributed by atoms with Crippen molar-refractivity contribution in [2.24, 2.45) is 5.73 Å². The zero-order valence-electron chi connectivity index (χ0n) is 11.7. The van der Waals surface area contributed by atoms with E-state index >= 15 is 0 Å². The first-order valence-electron chi connectivity index (χ1n) is 6.83. The van der Waals surface area contributed by atoms with Gasteiger partial charge in [0.2, 0.25) is 0 Å². The Morgan fingerprint density at radius 2 is 1.95 bits per heavy atom. The lowest BCUT2D eigenvalue weighted by molar-refractivity contribution is 0.198. The van der Waals surface area contributed by atoms with Gasteiger partial charge in [-0.25, -0.2) is 0 Å². The van der Waals surface area contributed by atoms with E-state index in [0.29, 0.717) is 18.9 Å². The minimum Gasteiger partial charge on any atom is -0.490 e. The predicted octanol–water partition coefficient (Wildman–Crippen LogP) is 2.95. The van der Waals surface area contributed by atoms with Crippen LogP contribution in [0.3, 0.4) is 0 Å². The highest BCUT2D eigenvalue weighted by Crippen LogP contribution is 2.30. The van der Waals surface area contributed by atoms with Crippen LogP contribution in [0.25, 0.3) is 0 Å². The topological polar surface area (TPSA) is 57.4 Å². The number of pyridine rings is 1. The second-order valence-corrected chi connectivity index (χ2v) is 4.42. The molecule has 1 heterocycles. The quantitative estimate of drug-likeness (QED) is 0.842. The van der Waals surface area contributed by atoms with Crippen molar-refractivity contribution in [3.05, 3.63) is 54.4 Å². The molecule has 0 aliphatic rings. The Labute approximate surface area is 119 Å². The monoisotopic (exact) mass is 272 g/mol. The summed E-state index contributed by atoms with van der Waals surface area (Å²) in [5, 5.41) is 0. The van der Waals surface area contributed by atoms with Crippen LogP contribution in [0.1, 0.15) is 25.0 Å². The molecule has 2 aromatic rings. The lowest BCUT2D eigenvalue weighted by atomic mass is 10.1. The van der Waals surface area contributed by atoms with Gasteiger partial charge in [-0.05, 0) is 24.6 Å². The van der Waals surface area contributed by atoms with Gasteiger partial charge in [0, 0.05) is 24.5 Å². The molecule has 4 heteroatoms. The van der Waals surface area contributed by atoms with Crippen LogP contribution in [0, 0.1) is 0 Å². The lowest BCUT2D eigenvalue weighted by Crippen LogP contribution is -2.19. The van der Waals surface area contributed by atoms with Crippen molar-refractivity contribution in [2.45, 2.75) is 19.4 Å². The Kier molecular flexibility index (Phi) is 5.38. The van der Waals surface area contributed by atoms with E-state index in [2.05, 4.69) is 11.9 Å². The van der Waals surface area contributed by atoms with Gasteiger partial charge < -0.3 is 15.2 Å². The van der Waals surface area contributed by atoms with Crippen molar-refractivity contribution in [1.29, 1.82) is 0 Å². The SMILES string of the molecule is CCCOc1ccccc1OC(CN)c1cccnc1. The van der Waals surface area contributed by atoms with Gasteiger partial charge in [0.25, 0.3) is 0 Å². The molecule has 1 aromatic heterocycles. The van der Waals surface area contributed by atoms with Gasteiger partial charge in [-0.1, -0.05) is 25.1 Å². The molecular weight excluding hydrogens is 252 g/mol. The fraction of sp³-hybridized carbons (Fsp3) is 0.312. The molecular formula is C16H20N2O2. The lowest BCUT2D eigenvalue weighted by Gasteiger charge is -2.19. The molecule has 0 aliphatic carbocycles. The molecule has 4 nitrogen and oxygen atoms in total. The molecule has 2 rings (SSSR count). The van der Waals surface area contributed by atoms with E-state index in [0.717, 1.165) is 17.7 Å². The Hall–Kier alpha value is -2.07. The van der Waals surface area contributed by atoms with E-state index < -0.39 is 0 Å². The Balaban J connectivity index is 2.15. The molecule has 0 fully saturated rings. The molecule has 0 saturated carbocycles. The maximum atomic E-state index is 5.99. The number of benzene rings is 1. The zero-order chi connectivity index (χ0) is 14.2. The van der Waals surface area contributed by atoms with Crippen molar-refractivity contribution in [3.8, 4) is 11.5 Å². The first-order chi connectivity index (χ1) is 9.85. The molecule has 0 amide bonds. The largest absolute Gasteiger partial charge is 0.490 e. The van der Waals surface area contributed by atoms with Crippen LogP contribution in [0.15, 0.2) is 48.8 Å². The molecule has 106 valence electrons. The van der Waals surface area contributed by atoms with E-state index in [4.69, 9.17) is 15.2 Å².